The van der Waals surface area contributed by atoms with Crippen LogP contribution in [0.3, 0.4) is 0 Å². The number of nitrogens with zero attached hydrogens (tertiary/aromatic N) is 1. The Labute approximate surface area is 103 Å². The molecule has 1 rings (SSSR count). The molecule has 1 aliphatic heterocycles. The van der Waals surface area contributed by atoms with Crippen molar-refractivity contribution in [2.45, 2.75) is 45.8 Å². The summed E-state index contributed by atoms with van der Waals surface area (Å²) in [6.45, 7) is 7.31. The minimum Gasteiger partial charge on any atom is -0.325 e. The third kappa shape index (κ3) is 2.92. The van der Waals surface area contributed by atoms with Crippen molar-refractivity contribution < 1.29 is 4.79 Å². The van der Waals surface area contributed by atoms with Crippen LogP contribution in [0.2, 0.25) is 0 Å². The molecule has 1 fully saturated rings. The van der Waals surface area contributed by atoms with Gasteiger partial charge in [-0.05, 0) is 18.6 Å². The number of amides is 1. The van der Waals surface area contributed by atoms with Crippen LogP contribution in [0.5, 0.6) is 0 Å². The Morgan fingerprint density at radius 1 is 1.50 bits per heavy atom. The normalized spacial score (nSPS) is 27.5. The highest BCUT2D eigenvalue weighted by molar-refractivity contribution is 7.98. The summed E-state index contributed by atoms with van der Waals surface area (Å²) in [5.41, 5.74) is 0. The SMILES string of the molecule is CCC(C)C1NC(CC)N(CCSC)C1=O. The summed E-state index contributed by atoms with van der Waals surface area (Å²) in [6.07, 6.45) is 4.38. The van der Waals surface area contributed by atoms with Crippen molar-refractivity contribution in [1.29, 1.82) is 0 Å². The van der Waals surface area contributed by atoms with Gasteiger partial charge in [-0.2, -0.15) is 11.8 Å². The van der Waals surface area contributed by atoms with Crippen LogP contribution < -0.4 is 5.32 Å². The lowest BCUT2D eigenvalue weighted by atomic mass is 9.99. The fourth-order valence-corrected chi connectivity index (χ4v) is 2.52. The Morgan fingerprint density at radius 3 is 2.69 bits per heavy atom. The van der Waals surface area contributed by atoms with Gasteiger partial charge in [-0.1, -0.05) is 27.2 Å². The maximum Gasteiger partial charge on any atom is 0.241 e. The van der Waals surface area contributed by atoms with Gasteiger partial charge in [0.05, 0.1) is 12.2 Å². The van der Waals surface area contributed by atoms with E-state index in [0.29, 0.717) is 11.8 Å². The first-order valence-corrected chi connectivity index (χ1v) is 7.60. The van der Waals surface area contributed by atoms with Crippen molar-refractivity contribution in [3.05, 3.63) is 0 Å². The van der Waals surface area contributed by atoms with E-state index in [-0.39, 0.29) is 12.2 Å². The molecule has 0 aromatic carbocycles. The molecule has 0 aromatic heterocycles. The van der Waals surface area contributed by atoms with Crippen LogP contribution in [0.25, 0.3) is 0 Å². The summed E-state index contributed by atoms with van der Waals surface area (Å²) in [5, 5.41) is 3.47. The zero-order valence-electron chi connectivity index (χ0n) is 10.8. The number of hydrogen-bond acceptors (Lipinski definition) is 3. The lowest BCUT2D eigenvalue weighted by molar-refractivity contribution is -0.130. The molecule has 94 valence electrons. The fraction of sp³-hybridized carbons (Fsp3) is 0.917. The summed E-state index contributed by atoms with van der Waals surface area (Å²) < 4.78 is 0. The van der Waals surface area contributed by atoms with Crippen LogP contribution in [0.4, 0.5) is 0 Å². The molecule has 1 aliphatic rings. The summed E-state index contributed by atoms with van der Waals surface area (Å²) in [4.78, 5) is 14.3. The molecular formula is C12H24N2OS. The van der Waals surface area contributed by atoms with E-state index in [1.165, 1.54) is 0 Å². The Balaban J connectivity index is 2.65. The Morgan fingerprint density at radius 2 is 2.19 bits per heavy atom. The van der Waals surface area contributed by atoms with E-state index in [2.05, 4.69) is 32.3 Å². The smallest absolute Gasteiger partial charge is 0.241 e. The van der Waals surface area contributed by atoms with Crippen LogP contribution in [-0.2, 0) is 4.79 Å². The molecule has 4 heteroatoms. The van der Waals surface area contributed by atoms with E-state index in [4.69, 9.17) is 0 Å². The third-order valence-electron chi connectivity index (χ3n) is 3.43. The van der Waals surface area contributed by atoms with Crippen molar-refractivity contribution in [3.8, 4) is 0 Å². The van der Waals surface area contributed by atoms with Gasteiger partial charge in [-0.25, -0.2) is 0 Å². The zero-order valence-corrected chi connectivity index (χ0v) is 11.6. The van der Waals surface area contributed by atoms with E-state index >= 15 is 0 Å². The number of hydrogen-bond donors (Lipinski definition) is 1. The van der Waals surface area contributed by atoms with Crippen LogP contribution in [-0.4, -0.2) is 41.6 Å². The second-order valence-corrected chi connectivity index (χ2v) is 5.46. The van der Waals surface area contributed by atoms with E-state index in [1.807, 2.05) is 4.90 Å². The quantitative estimate of drug-likeness (QED) is 0.775. The maximum atomic E-state index is 12.2. The lowest BCUT2D eigenvalue weighted by Crippen LogP contribution is -2.38. The summed E-state index contributed by atoms with van der Waals surface area (Å²) in [6, 6.07) is 0.0387. The van der Waals surface area contributed by atoms with Gasteiger partial charge in [0.2, 0.25) is 5.91 Å². The van der Waals surface area contributed by atoms with Gasteiger partial charge >= 0.3 is 0 Å². The molecule has 0 aromatic rings. The minimum atomic E-state index is 0.0387. The molecule has 0 bridgehead atoms. The van der Waals surface area contributed by atoms with Crippen LogP contribution in [0, 0.1) is 5.92 Å². The molecule has 3 unspecified atom stereocenters. The highest BCUT2D eigenvalue weighted by Crippen LogP contribution is 2.20. The molecule has 3 nitrogen and oxygen atoms in total. The Hall–Kier alpha value is -0.220. The number of rotatable bonds is 6. The van der Waals surface area contributed by atoms with Gasteiger partial charge in [0, 0.05) is 12.3 Å². The van der Waals surface area contributed by atoms with Crippen molar-refractivity contribution in [2.24, 2.45) is 5.92 Å². The van der Waals surface area contributed by atoms with Gasteiger partial charge in [0.15, 0.2) is 0 Å². The van der Waals surface area contributed by atoms with E-state index in [1.54, 1.807) is 11.8 Å². The fourth-order valence-electron chi connectivity index (χ4n) is 2.14. The largest absolute Gasteiger partial charge is 0.325 e. The molecule has 1 N–H and O–H groups in total. The van der Waals surface area contributed by atoms with Gasteiger partial charge in [0.1, 0.15) is 0 Å². The molecule has 0 saturated carbocycles. The summed E-state index contributed by atoms with van der Waals surface area (Å²) in [5.74, 6) is 1.76. The first-order valence-electron chi connectivity index (χ1n) is 6.21. The second-order valence-electron chi connectivity index (χ2n) is 4.48. The average Bonchev–Trinajstić information content (AvgIpc) is 2.62. The first kappa shape index (κ1) is 13.8. The number of carbonyl (C=O) groups excluding carboxylic acids is 1. The summed E-state index contributed by atoms with van der Waals surface area (Å²) >= 11 is 1.80. The van der Waals surface area contributed by atoms with Gasteiger partial charge in [-0.3, -0.25) is 10.1 Å². The maximum absolute atomic E-state index is 12.2. The molecule has 0 spiro atoms. The number of carbonyl (C=O) groups is 1. The van der Waals surface area contributed by atoms with Crippen molar-refractivity contribution >= 4 is 17.7 Å². The average molecular weight is 244 g/mol. The topological polar surface area (TPSA) is 32.3 Å². The van der Waals surface area contributed by atoms with Crippen molar-refractivity contribution in [3.63, 3.8) is 0 Å². The molecule has 16 heavy (non-hydrogen) atoms. The molecule has 1 heterocycles. The predicted molar refractivity (Wildman–Crippen MR) is 70.6 cm³/mol. The highest BCUT2D eigenvalue weighted by atomic mass is 32.2. The van der Waals surface area contributed by atoms with E-state index in [9.17, 15) is 4.79 Å². The molecule has 1 saturated heterocycles. The number of nitrogens with one attached hydrogen (secondary N) is 1. The lowest BCUT2D eigenvalue weighted by Gasteiger charge is -2.22. The van der Waals surface area contributed by atoms with Crippen molar-refractivity contribution in [1.82, 2.24) is 10.2 Å². The molecular weight excluding hydrogens is 220 g/mol. The van der Waals surface area contributed by atoms with Gasteiger partial charge < -0.3 is 4.90 Å². The van der Waals surface area contributed by atoms with Gasteiger partial charge in [0.25, 0.3) is 0 Å². The zero-order chi connectivity index (χ0) is 12.1. The third-order valence-corrected chi connectivity index (χ3v) is 4.02. The van der Waals surface area contributed by atoms with Crippen molar-refractivity contribution in [2.75, 3.05) is 18.6 Å². The van der Waals surface area contributed by atoms with Crippen LogP contribution >= 0.6 is 11.8 Å². The summed E-state index contributed by atoms with van der Waals surface area (Å²) in [7, 11) is 0. The first-order chi connectivity index (χ1) is 7.65. The molecule has 0 aliphatic carbocycles. The predicted octanol–water partition coefficient (Wildman–Crippen LogP) is 1.93. The van der Waals surface area contributed by atoms with Crippen LogP contribution in [0.1, 0.15) is 33.6 Å². The minimum absolute atomic E-state index is 0.0387. The van der Waals surface area contributed by atoms with Crippen LogP contribution in [0.15, 0.2) is 0 Å². The van der Waals surface area contributed by atoms with E-state index in [0.717, 1.165) is 25.1 Å². The standard InChI is InChI=1S/C12H24N2OS/c1-5-9(3)11-12(15)14(7-8-16-4)10(6-2)13-11/h9-11,13H,5-8H2,1-4H3. The highest BCUT2D eigenvalue weighted by Gasteiger charge is 2.39. The molecule has 1 amide bonds. The Kier molecular flexibility index (Phi) is 5.62. The molecule has 0 radical (unpaired) electrons. The second kappa shape index (κ2) is 6.50. The monoisotopic (exact) mass is 244 g/mol. The molecule has 3 atom stereocenters. The van der Waals surface area contributed by atoms with Gasteiger partial charge in [-0.15, -0.1) is 0 Å². The Bertz CT molecular complexity index is 235. The van der Waals surface area contributed by atoms with E-state index < -0.39 is 0 Å². The number of thioether (sulfide) groups is 1.